The molecule has 0 bridgehead atoms. The number of pyridine rings is 1. The Hall–Kier alpha value is -2.43. The van der Waals surface area contributed by atoms with Crippen LogP contribution in [-0.4, -0.2) is 20.7 Å². The van der Waals surface area contributed by atoms with Crippen LogP contribution in [0, 0.1) is 5.92 Å². The first-order valence-corrected chi connectivity index (χ1v) is 7.60. The van der Waals surface area contributed by atoms with Gasteiger partial charge in [-0.1, -0.05) is 12.2 Å². The van der Waals surface area contributed by atoms with E-state index in [0.29, 0.717) is 6.54 Å². The van der Waals surface area contributed by atoms with Crippen LogP contribution in [0.5, 0.6) is 0 Å². The van der Waals surface area contributed by atoms with Crippen LogP contribution in [0.1, 0.15) is 25.0 Å². The van der Waals surface area contributed by atoms with Gasteiger partial charge in [0.2, 0.25) is 5.91 Å². The molecule has 1 amide bonds. The van der Waals surface area contributed by atoms with Crippen LogP contribution in [0.2, 0.25) is 0 Å². The van der Waals surface area contributed by atoms with Crippen molar-refractivity contribution in [3.05, 3.63) is 48.4 Å². The van der Waals surface area contributed by atoms with Gasteiger partial charge >= 0.3 is 0 Å². The third kappa shape index (κ3) is 3.24. The number of nitrogens with one attached hydrogen (secondary N) is 1. The predicted octanol–water partition coefficient (Wildman–Crippen LogP) is 2.45. The van der Waals surface area contributed by atoms with Crippen molar-refractivity contribution in [1.82, 2.24) is 20.1 Å². The van der Waals surface area contributed by atoms with Gasteiger partial charge < -0.3 is 5.32 Å². The Labute approximate surface area is 130 Å². The topological polar surface area (TPSA) is 59.8 Å². The van der Waals surface area contributed by atoms with Gasteiger partial charge in [-0.05, 0) is 37.5 Å². The van der Waals surface area contributed by atoms with Crippen LogP contribution in [-0.2, 0) is 18.4 Å². The Morgan fingerprint density at radius 3 is 2.91 bits per heavy atom. The molecule has 0 aromatic carbocycles. The molecule has 1 aliphatic rings. The van der Waals surface area contributed by atoms with Crippen molar-refractivity contribution < 1.29 is 4.79 Å². The fourth-order valence-corrected chi connectivity index (χ4v) is 2.69. The van der Waals surface area contributed by atoms with Crippen LogP contribution in [0.3, 0.4) is 0 Å². The molecule has 1 atom stereocenters. The number of allylic oxidation sites excluding steroid dienone is 2. The zero-order chi connectivity index (χ0) is 15.4. The third-order valence-electron chi connectivity index (χ3n) is 4.04. The maximum absolute atomic E-state index is 12.2. The lowest BCUT2D eigenvalue weighted by atomic mass is 9.94. The molecule has 1 N–H and O–H groups in total. The first-order chi connectivity index (χ1) is 10.7. The molecule has 0 fully saturated rings. The van der Waals surface area contributed by atoms with Gasteiger partial charge in [0.1, 0.15) is 0 Å². The molecule has 0 aliphatic heterocycles. The molecule has 0 spiro atoms. The van der Waals surface area contributed by atoms with Gasteiger partial charge in [0.25, 0.3) is 0 Å². The Balaban J connectivity index is 1.64. The van der Waals surface area contributed by atoms with E-state index in [1.165, 1.54) is 0 Å². The Bertz CT molecular complexity index is 675. The quantitative estimate of drug-likeness (QED) is 0.882. The smallest absolute Gasteiger partial charge is 0.223 e. The molecule has 5 nitrogen and oxygen atoms in total. The first-order valence-electron chi connectivity index (χ1n) is 7.60. The Morgan fingerprint density at radius 1 is 1.36 bits per heavy atom. The lowest BCUT2D eigenvalue weighted by molar-refractivity contribution is -0.125. The summed E-state index contributed by atoms with van der Waals surface area (Å²) in [6, 6.07) is 5.87. The van der Waals surface area contributed by atoms with Gasteiger partial charge in [-0.2, -0.15) is 5.10 Å². The van der Waals surface area contributed by atoms with Crippen molar-refractivity contribution in [3.63, 3.8) is 0 Å². The number of amides is 1. The number of nitrogens with zero attached hydrogens (tertiary/aromatic N) is 3. The van der Waals surface area contributed by atoms with E-state index in [1.54, 1.807) is 12.4 Å². The minimum Gasteiger partial charge on any atom is -0.350 e. The SMILES string of the molecule is Cn1nc(-c2ccncc2)cc1CNC(=O)C1CC=CCC1. The van der Waals surface area contributed by atoms with E-state index in [9.17, 15) is 4.79 Å². The van der Waals surface area contributed by atoms with Crippen molar-refractivity contribution in [2.24, 2.45) is 13.0 Å². The lowest BCUT2D eigenvalue weighted by Crippen LogP contribution is -2.31. The monoisotopic (exact) mass is 296 g/mol. The van der Waals surface area contributed by atoms with Crippen molar-refractivity contribution >= 4 is 5.91 Å². The molecule has 5 heteroatoms. The molecular formula is C17H20N4O. The molecular weight excluding hydrogens is 276 g/mol. The highest BCUT2D eigenvalue weighted by molar-refractivity contribution is 5.79. The molecule has 2 aromatic heterocycles. The van der Waals surface area contributed by atoms with Crippen LogP contribution in [0.25, 0.3) is 11.3 Å². The highest BCUT2D eigenvalue weighted by Gasteiger charge is 2.18. The van der Waals surface area contributed by atoms with Gasteiger partial charge in [-0.15, -0.1) is 0 Å². The van der Waals surface area contributed by atoms with Crippen LogP contribution < -0.4 is 5.32 Å². The highest BCUT2D eigenvalue weighted by Crippen LogP contribution is 2.19. The molecule has 1 aliphatic carbocycles. The number of carbonyl (C=O) groups excluding carboxylic acids is 1. The van der Waals surface area contributed by atoms with Gasteiger partial charge in [-0.3, -0.25) is 14.5 Å². The highest BCUT2D eigenvalue weighted by atomic mass is 16.1. The van der Waals surface area contributed by atoms with Crippen LogP contribution in [0.15, 0.2) is 42.7 Å². The molecule has 0 saturated carbocycles. The largest absolute Gasteiger partial charge is 0.350 e. The molecule has 2 heterocycles. The van der Waals surface area contributed by atoms with Crippen molar-refractivity contribution in [3.8, 4) is 11.3 Å². The average Bonchev–Trinajstić information content (AvgIpc) is 2.95. The second-order valence-electron chi connectivity index (χ2n) is 5.58. The Morgan fingerprint density at radius 2 is 2.18 bits per heavy atom. The standard InChI is InChI=1S/C17H20N4O/c1-21-15(11-16(20-21)13-7-9-18-10-8-13)12-19-17(22)14-5-3-2-4-6-14/h2-3,7-11,14H,4-6,12H2,1H3,(H,19,22). The second-order valence-corrected chi connectivity index (χ2v) is 5.58. The summed E-state index contributed by atoms with van der Waals surface area (Å²) in [5.41, 5.74) is 2.92. The fraction of sp³-hybridized carbons (Fsp3) is 0.353. The van der Waals surface area contributed by atoms with Gasteiger partial charge in [0, 0.05) is 30.9 Å². The molecule has 3 rings (SSSR count). The third-order valence-corrected chi connectivity index (χ3v) is 4.04. The summed E-state index contributed by atoms with van der Waals surface area (Å²) in [6.45, 7) is 0.508. The average molecular weight is 296 g/mol. The van der Waals surface area contributed by atoms with Gasteiger partial charge in [-0.25, -0.2) is 0 Å². The normalized spacial score (nSPS) is 17.4. The van der Waals surface area contributed by atoms with Gasteiger partial charge in [0.15, 0.2) is 0 Å². The van der Waals surface area contributed by atoms with Crippen molar-refractivity contribution in [1.29, 1.82) is 0 Å². The molecule has 114 valence electrons. The van der Waals surface area contributed by atoms with E-state index in [-0.39, 0.29) is 11.8 Å². The van der Waals surface area contributed by atoms with Crippen LogP contribution >= 0.6 is 0 Å². The minimum absolute atomic E-state index is 0.109. The van der Waals surface area contributed by atoms with E-state index in [4.69, 9.17) is 0 Å². The predicted molar refractivity (Wildman–Crippen MR) is 84.8 cm³/mol. The maximum atomic E-state index is 12.2. The van der Waals surface area contributed by atoms with E-state index < -0.39 is 0 Å². The molecule has 1 unspecified atom stereocenters. The zero-order valence-electron chi connectivity index (χ0n) is 12.7. The minimum atomic E-state index is 0.109. The number of rotatable bonds is 4. The fourth-order valence-electron chi connectivity index (χ4n) is 2.69. The summed E-state index contributed by atoms with van der Waals surface area (Å²) in [4.78, 5) is 16.2. The number of aromatic nitrogens is 3. The number of carbonyl (C=O) groups is 1. The summed E-state index contributed by atoms with van der Waals surface area (Å²) in [7, 11) is 1.90. The van der Waals surface area contributed by atoms with E-state index in [2.05, 4.69) is 27.6 Å². The molecule has 0 radical (unpaired) electrons. The molecule has 22 heavy (non-hydrogen) atoms. The summed E-state index contributed by atoms with van der Waals surface area (Å²) in [5, 5.41) is 7.53. The second kappa shape index (κ2) is 6.56. The summed E-state index contributed by atoms with van der Waals surface area (Å²) in [6.07, 6.45) is 10.5. The van der Waals surface area contributed by atoms with E-state index in [1.807, 2.05) is 29.9 Å². The summed E-state index contributed by atoms with van der Waals surface area (Å²) >= 11 is 0. The number of hydrogen-bond donors (Lipinski definition) is 1. The summed E-state index contributed by atoms with van der Waals surface area (Å²) < 4.78 is 1.82. The van der Waals surface area contributed by atoms with E-state index in [0.717, 1.165) is 36.2 Å². The number of hydrogen-bond acceptors (Lipinski definition) is 3. The molecule has 2 aromatic rings. The van der Waals surface area contributed by atoms with Crippen LogP contribution in [0.4, 0.5) is 0 Å². The van der Waals surface area contributed by atoms with E-state index >= 15 is 0 Å². The maximum Gasteiger partial charge on any atom is 0.223 e. The molecule has 0 saturated heterocycles. The Kier molecular flexibility index (Phi) is 4.32. The first kappa shape index (κ1) is 14.5. The van der Waals surface area contributed by atoms with Crippen molar-refractivity contribution in [2.45, 2.75) is 25.8 Å². The van der Waals surface area contributed by atoms with Crippen molar-refractivity contribution in [2.75, 3.05) is 0 Å². The number of aryl methyl sites for hydroxylation is 1. The zero-order valence-corrected chi connectivity index (χ0v) is 12.7. The lowest BCUT2D eigenvalue weighted by Gasteiger charge is -2.17. The summed E-state index contributed by atoms with van der Waals surface area (Å²) in [5.74, 6) is 0.244. The van der Waals surface area contributed by atoms with Gasteiger partial charge in [0.05, 0.1) is 17.9 Å².